The minimum Gasteiger partial charge on any atom is -0.358 e. The molecule has 0 saturated heterocycles. The van der Waals surface area contributed by atoms with Crippen molar-refractivity contribution >= 4 is 17.5 Å². The predicted octanol–water partition coefficient (Wildman–Crippen LogP) is 2.66. The number of halogens is 1. The lowest BCUT2D eigenvalue weighted by Gasteiger charge is -2.18. The van der Waals surface area contributed by atoms with Crippen LogP contribution in [0.5, 0.6) is 0 Å². The van der Waals surface area contributed by atoms with Crippen LogP contribution in [0.3, 0.4) is 0 Å². The van der Waals surface area contributed by atoms with E-state index >= 15 is 0 Å². The molecule has 6 heteroatoms. The van der Waals surface area contributed by atoms with Crippen molar-refractivity contribution in [3.8, 4) is 0 Å². The number of unbranched alkanes of at least 4 members (excludes halogenated alkanes) is 1. The highest BCUT2D eigenvalue weighted by Gasteiger charge is 2.19. The van der Waals surface area contributed by atoms with Crippen molar-refractivity contribution in [1.29, 1.82) is 0 Å². The Morgan fingerprint density at radius 1 is 1.43 bits per heavy atom. The van der Waals surface area contributed by atoms with Gasteiger partial charge in [0.2, 0.25) is 5.91 Å². The molecule has 5 nitrogen and oxygen atoms in total. The summed E-state index contributed by atoms with van der Waals surface area (Å²) in [5, 5.41) is 6.45. The standard InChI is InChI=1S/C15H27ClN4O/c1-5-6-7-13-19-12(14(16)20-13)9-18-11(8-10(2)3)15(21)17-4/h10-11,18H,5-9H2,1-4H3,(H,17,21)(H,19,20). The fourth-order valence-corrected chi connectivity index (χ4v) is 2.39. The quantitative estimate of drug-likeness (QED) is 0.656. The topological polar surface area (TPSA) is 69.8 Å². The van der Waals surface area contributed by atoms with E-state index in [0.29, 0.717) is 17.6 Å². The van der Waals surface area contributed by atoms with Crippen LogP contribution in [0.15, 0.2) is 0 Å². The van der Waals surface area contributed by atoms with E-state index in [4.69, 9.17) is 11.6 Å². The largest absolute Gasteiger partial charge is 0.358 e. The number of imidazole rings is 1. The van der Waals surface area contributed by atoms with Gasteiger partial charge in [0.05, 0.1) is 11.7 Å². The zero-order chi connectivity index (χ0) is 15.8. The molecule has 1 rings (SSSR count). The first kappa shape index (κ1) is 18.0. The average molecular weight is 315 g/mol. The van der Waals surface area contributed by atoms with Gasteiger partial charge in [0.15, 0.2) is 5.15 Å². The molecule has 0 aromatic carbocycles. The van der Waals surface area contributed by atoms with Gasteiger partial charge in [-0.25, -0.2) is 4.98 Å². The third kappa shape index (κ3) is 6.06. The Hall–Kier alpha value is -1.07. The van der Waals surface area contributed by atoms with Crippen molar-refractivity contribution < 1.29 is 4.79 Å². The second-order valence-electron chi connectivity index (χ2n) is 5.73. The van der Waals surface area contributed by atoms with Crippen molar-refractivity contribution in [3.05, 3.63) is 16.7 Å². The van der Waals surface area contributed by atoms with Crippen LogP contribution < -0.4 is 10.6 Å². The van der Waals surface area contributed by atoms with Crippen LogP contribution in [0.25, 0.3) is 0 Å². The Morgan fingerprint density at radius 3 is 2.71 bits per heavy atom. The summed E-state index contributed by atoms with van der Waals surface area (Å²) in [5.41, 5.74) is 0.848. The summed E-state index contributed by atoms with van der Waals surface area (Å²) in [5.74, 6) is 1.36. The molecule has 0 radical (unpaired) electrons. The molecule has 120 valence electrons. The van der Waals surface area contributed by atoms with E-state index in [1.165, 1.54) is 0 Å². The van der Waals surface area contributed by atoms with Crippen molar-refractivity contribution in [1.82, 2.24) is 20.6 Å². The number of aromatic nitrogens is 2. The van der Waals surface area contributed by atoms with E-state index in [-0.39, 0.29) is 11.9 Å². The maximum absolute atomic E-state index is 11.9. The molecular weight excluding hydrogens is 288 g/mol. The molecule has 0 aliphatic heterocycles. The first-order valence-corrected chi connectivity index (χ1v) is 8.03. The van der Waals surface area contributed by atoms with Crippen LogP contribution in [0.1, 0.15) is 51.6 Å². The molecule has 0 fully saturated rings. The molecule has 0 saturated carbocycles. The van der Waals surface area contributed by atoms with Crippen molar-refractivity contribution in [2.75, 3.05) is 7.05 Å². The van der Waals surface area contributed by atoms with Gasteiger partial charge in [-0.3, -0.25) is 4.79 Å². The zero-order valence-corrected chi connectivity index (χ0v) is 14.2. The number of likely N-dealkylation sites (N-methyl/N-ethyl adjacent to an activating group) is 1. The highest BCUT2D eigenvalue weighted by Crippen LogP contribution is 2.15. The summed E-state index contributed by atoms with van der Waals surface area (Å²) in [4.78, 5) is 19.4. The molecule has 3 N–H and O–H groups in total. The number of aryl methyl sites for hydroxylation is 1. The molecule has 21 heavy (non-hydrogen) atoms. The predicted molar refractivity (Wildman–Crippen MR) is 86.4 cm³/mol. The van der Waals surface area contributed by atoms with Gasteiger partial charge in [0.1, 0.15) is 5.82 Å². The Kier molecular flexibility index (Phi) is 7.75. The Morgan fingerprint density at radius 2 is 2.14 bits per heavy atom. The average Bonchev–Trinajstić information content (AvgIpc) is 2.80. The summed E-state index contributed by atoms with van der Waals surface area (Å²) in [6.45, 7) is 6.86. The van der Waals surface area contributed by atoms with E-state index in [2.05, 4.69) is 41.4 Å². The molecule has 1 heterocycles. The highest BCUT2D eigenvalue weighted by molar-refractivity contribution is 6.30. The van der Waals surface area contributed by atoms with Crippen LogP contribution in [0.2, 0.25) is 5.15 Å². The molecule has 1 aromatic rings. The molecular formula is C15H27ClN4O. The van der Waals surface area contributed by atoms with Crippen molar-refractivity contribution in [3.63, 3.8) is 0 Å². The number of carbonyl (C=O) groups excluding carboxylic acids is 1. The second-order valence-corrected chi connectivity index (χ2v) is 6.09. The molecule has 0 bridgehead atoms. The highest BCUT2D eigenvalue weighted by atomic mass is 35.5. The summed E-state index contributed by atoms with van der Waals surface area (Å²) >= 11 is 6.14. The van der Waals surface area contributed by atoms with Gasteiger partial charge >= 0.3 is 0 Å². The first-order chi connectivity index (χ1) is 9.97. The third-order valence-corrected chi connectivity index (χ3v) is 3.65. The number of carbonyl (C=O) groups is 1. The minimum atomic E-state index is -0.214. The SMILES string of the molecule is CCCCc1nc(Cl)c(CNC(CC(C)C)C(=O)NC)[nH]1. The van der Waals surface area contributed by atoms with E-state index in [9.17, 15) is 4.79 Å². The number of nitrogens with one attached hydrogen (secondary N) is 3. The first-order valence-electron chi connectivity index (χ1n) is 7.66. The van der Waals surface area contributed by atoms with E-state index in [1.807, 2.05) is 0 Å². The van der Waals surface area contributed by atoms with Crippen LogP contribution in [0, 0.1) is 5.92 Å². The number of hydrogen-bond acceptors (Lipinski definition) is 3. The maximum Gasteiger partial charge on any atom is 0.236 e. The maximum atomic E-state index is 11.9. The zero-order valence-electron chi connectivity index (χ0n) is 13.4. The van der Waals surface area contributed by atoms with Crippen LogP contribution in [-0.2, 0) is 17.8 Å². The molecule has 0 spiro atoms. The van der Waals surface area contributed by atoms with Gasteiger partial charge in [-0.1, -0.05) is 38.8 Å². The number of rotatable bonds is 9. The van der Waals surface area contributed by atoms with Crippen LogP contribution in [-0.4, -0.2) is 29.0 Å². The van der Waals surface area contributed by atoms with Crippen LogP contribution >= 0.6 is 11.6 Å². The fraction of sp³-hybridized carbons (Fsp3) is 0.733. The van der Waals surface area contributed by atoms with Gasteiger partial charge in [-0.05, 0) is 18.8 Å². The lowest BCUT2D eigenvalue weighted by molar-refractivity contribution is -0.123. The Balaban J connectivity index is 2.62. The Labute approximate surface area is 132 Å². The molecule has 0 aliphatic carbocycles. The molecule has 0 aliphatic rings. The van der Waals surface area contributed by atoms with Gasteiger partial charge in [-0.15, -0.1) is 0 Å². The smallest absolute Gasteiger partial charge is 0.236 e. The number of H-pyrrole nitrogens is 1. The van der Waals surface area contributed by atoms with Crippen molar-refractivity contribution in [2.24, 2.45) is 5.92 Å². The summed E-state index contributed by atoms with van der Waals surface area (Å²) in [6.07, 6.45) is 3.90. The summed E-state index contributed by atoms with van der Waals surface area (Å²) < 4.78 is 0. The number of nitrogens with zero attached hydrogens (tertiary/aromatic N) is 1. The van der Waals surface area contributed by atoms with Gasteiger partial charge in [-0.2, -0.15) is 0 Å². The van der Waals surface area contributed by atoms with Crippen molar-refractivity contribution in [2.45, 2.75) is 59.0 Å². The van der Waals surface area contributed by atoms with E-state index in [1.54, 1.807) is 7.05 Å². The van der Waals surface area contributed by atoms with E-state index in [0.717, 1.165) is 37.2 Å². The molecule has 1 atom stereocenters. The lowest BCUT2D eigenvalue weighted by atomic mass is 10.0. The molecule has 1 unspecified atom stereocenters. The second kappa shape index (κ2) is 9.05. The number of aromatic amines is 1. The van der Waals surface area contributed by atoms with Gasteiger partial charge in [0.25, 0.3) is 0 Å². The minimum absolute atomic E-state index is 0.00513. The van der Waals surface area contributed by atoms with Gasteiger partial charge in [0, 0.05) is 20.0 Å². The van der Waals surface area contributed by atoms with E-state index < -0.39 is 0 Å². The Bertz CT molecular complexity index is 445. The third-order valence-electron chi connectivity index (χ3n) is 3.34. The number of hydrogen-bond donors (Lipinski definition) is 3. The number of amides is 1. The molecule has 1 amide bonds. The lowest BCUT2D eigenvalue weighted by Crippen LogP contribution is -2.43. The molecule has 1 aromatic heterocycles. The summed E-state index contributed by atoms with van der Waals surface area (Å²) in [7, 11) is 1.66. The monoisotopic (exact) mass is 314 g/mol. The summed E-state index contributed by atoms with van der Waals surface area (Å²) in [6, 6.07) is -0.214. The fourth-order valence-electron chi connectivity index (χ4n) is 2.17. The van der Waals surface area contributed by atoms with Gasteiger partial charge < -0.3 is 15.6 Å². The normalized spacial score (nSPS) is 12.7. The van der Waals surface area contributed by atoms with Crippen LogP contribution in [0.4, 0.5) is 0 Å².